The van der Waals surface area contributed by atoms with Crippen molar-refractivity contribution in [2.24, 2.45) is 5.10 Å². The molecule has 0 aromatic carbocycles. The van der Waals surface area contributed by atoms with E-state index < -0.39 is 0 Å². The van der Waals surface area contributed by atoms with Crippen molar-refractivity contribution in [2.45, 2.75) is 25.8 Å². The Bertz CT molecular complexity index is 685. The maximum absolute atomic E-state index is 12.1. The molecule has 3 heterocycles. The van der Waals surface area contributed by atoms with Gasteiger partial charge in [0, 0.05) is 24.3 Å². The molecule has 0 spiro atoms. The topological polar surface area (TPSA) is 106 Å². The van der Waals surface area contributed by atoms with E-state index in [2.05, 4.69) is 27.2 Å². The van der Waals surface area contributed by atoms with Gasteiger partial charge < -0.3 is 10.6 Å². The first kappa shape index (κ1) is 13.7. The van der Waals surface area contributed by atoms with Crippen LogP contribution >= 0.6 is 11.3 Å². The predicted octanol–water partition coefficient (Wildman–Crippen LogP) is 0.470. The number of fused-ring (bicyclic) bond motifs is 1. The summed E-state index contributed by atoms with van der Waals surface area (Å²) in [5, 5.41) is 19.6. The molecule has 0 bridgehead atoms. The number of anilines is 1. The number of carbonyl (C=O) groups is 2. The van der Waals surface area contributed by atoms with Gasteiger partial charge >= 0.3 is 0 Å². The van der Waals surface area contributed by atoms with Crippen LogP contribution in [0.15, 0.2) is 5.10 Å². The molecule has 2 aliphatic rings. The van der Waals surface area contributed by atoms with Crippen LogP contribution in [-0.4, -0.2) is 24.1 Å². The van der Waals surface area contributed by atoms with Gasteiger partial charge in [0.15, 0.2) is 0 Å². The van der Waals surface area contributed by atoms with E-state index in [0.29, 0.717) is 17.0 Å². The fraction of sp³-hybridized carbons (Fsp3) is 0.385. The van der Waals surface area contributed by atoms with E-state index in [0.717, 1.165) is 30.0 Å². The van der Waals surface area contributed by atoms with E-state index in [4.69, 9.17) is 0 Å². The average Bonchev–Trinajstić information content (AvgIpc) is 2.84. The second-order valence-corrected chi connectivity index (χ2v) is 5.90. The number of nitrogens with zero attached hydrogens (tertiary/aromatic N) is 2. The molecule has 2 aliphatic heterocycles. The lowest BCUT2D eigenvalue weighted by Crippen LogP contribution is -2.32. The number of rotatable bonds is 2. The largest absolute Gasteiger partial charge is 0.312 e. The molecule has 1 aromatic heterocycles. The summed E-state index contributed by atoms with van der Waals surface area (Å²) in [6.07, 6.45) is 1.36. The van der Waals surface area contributed by atoms with Crippen molar-refractivity contribution in [3.05, 3.63) is 16.0 Å². The molecule has 7 nitrogen and oxygen atoms in total. The zero-order valence-electron chi connectivity index (χ0n) is 11.2. The number of nitriles is 1. The number of hydrogen-bond acceptors (Lipinski definition) is 6. The van der Waals surface area contributed by atoms with E-state index in [9.17, 15) is 14.9 Å². The normalized spacial score (nSPS) is 17.3. The molecule has 21 heavy (non-hydrogen) atoms. The summed E-state index contributed by atoms with van der Waals surface area (Å²) >= 11 is 1.42. The second-order valence-electron chi connectivity index (χ2n) is 4.79. The smallest absolute Gasteiger partial charge is 0.272 e. The van der Waals surface area contributed by atoms with E-state index in [1.807, 2.05) is 0 Å². The zero-order valence-corrected chi connectivity index (χ0v) is 12.0. The standard InChI is InChI=1S/C13H13N5O2S/c14-5-8-7-3-4-15-6-10(7)21-13(8)16-12(20)9-1-2-11(19)18-17-9/h15H,1-4,6H2,(H,16,20)(H,18,19). The van der Waals surface area contributed by atoms with Gasteiger partial charge in [-0.25, -0.2) is 5.43 Å². The van der Waals surface area contributed by atoms with Crippen LogP contribution in [-0.2, 0) is 22.6 Å². The molecule has 0 radical (unpaired) electrons. The zero-order chi connectivity index (χ0) is 14.8. The van der Waals surface area contributed by atoms with Gasteiger partial charge in [-0.3, -0.25) is 9.59 Å². The van der Waals surface area contributed by atoms with Gasteiger partial charge in [0.1, 0.15) is 16.8 Å². The van der Waals surface area contributed by atoms with Gasteiger partial charge in [-0.2, -0.15) is 10.4 Å². The molecule has 0 atom stereocenters. The van der Waals surface area contributed by atoms with Gasteiger partial charge in [-0.1, -0.05) is 0 Å². The minimum absolute atomic E-state index is 0.193. The monoisotopic (exact) mass is 303 g/mol. The number of nitrogens with one attached hydrogen (secondary N) is 3. The minimum Gasteiger partial charge on any atom is -0.312 e. The fourth-order valence-corrected chi connectivity index (χ4v) is 3.52. The quantitative estimate of drug-likeness (QED) is 0.738. The van der Waals surface area contributed by atoms with Gasteiger partial charge in [0.25, 0.3) is 5.91 Å². The van der Waals surface area contributed by atoms with Gasteiger partial charge in [-0.15, -0.1) is 11.3 Å². The Morgan fingerprint density at radius 3 is 2.95 bits per heavy atom. The number of hydrazone groups is 1. The van der Waals surface area contributed by atoms with Crippen LogP contribution in [0, 0.1) is 11.3 Å². The lowest BCUT2D eigenvalue weighted by Gasteiger charge is -2.12. The number of carbonyl (C=O) groups excluding carboxylic acids is 2. The molecule has 3 rings (SSSR count). The van der Waals surface area contributed by atoms with Gasteiger partial charge in [-0.05, 0) is 18.5 Å². The predicted molar refractivity (Wildman–Crippen MR) is 77.9 cm³/mol. The highest BCUT2D eigenvalue weighted by atomic mass is 32.1. The van der Waals surface area contributed by atoms with Crippen molar-refractivity contribution in [1.29, 1.82) is 5.26 Å². The summed E-state index contributed by atoms with van der Waals surface area (Å²) in [5.74, 6) is -0.556. The molecule has 1 aromatic rings. The summed E-state index contributed by atoms with van der Waals surface area (Å²) in [4.78, 5) is 24.3. The first-order valence-corrected chi connectivity index (χ1v) is 7.43. The van der Waals surface area contributed by atoms with Crippen molar-refractivity contribution in [3.8, 4) is 6.07 Å². The fourth-order valence-electron chi connectivity index (χ4n) is 2.35. The maximum atomic E-state index is 12.1. The summed E-state index contributed by atoms with van der Waals surface area (Å²) in [6, 6.07) is 2.18. The van der Waals surface area contributed by atoms with Gasteiger partial charge in [0.05, 0.1) is 5.56 Å². The number of hydrogen-bond donors (Lipinski definition) is 3. The Labute approximate surface area is 125 Å². The first-order valence-electron chi connectivity index (χ1n) is 6.61. The molecule has 108 valence electrons. The van der Waals surface area contributed by atoms with Crippen molar-refractivity contribution < 1.29 is 9.59 Å². The van der Waals surface area contributed by atoms with E-state index in [1.54, 1.807) is 0 Å². The SMILES string of the molecule is N#Cc1c(NC(=O)C2=NNC(=O)CC2)sc2c1CCNC2. The highest BCUT2D eigenvalue weighted by Gasteiger charge is 2.24. The number of amides is 2. The lowest BCUT2D eigenvalue weighted by atomic mass is 10.0. The van der Waals surface area contributed by atoms with Crippen LogP contribution in [0.25, 0.3) is 0 Å². The Balaban J connectivity index is 1.82. The molecule has 0 unspecified atom stereocenters. The molecule has 0 saturated carbocycles. The molecule has 3 N–H and O–H groups in total. The molecule has 0 fully saturated rings. The van der Waals surface area contributed by atoms with E-state index in [1.165, 1.54) is 11.3 Å². The van der Waals surface area contributed by atoms with Crippen LogP contribution in [0.1, 0.15) is 28.8 Å². The van der Waals surface area contributed by atoms with Crippen LogP contribution in [0.4, 0.5) is 5.00 Å². The number of thiophene rings is 1. The molecular formula is C13H13N5O2S. The van der Waals surface area contributed by atoms with Crippen LogP contribution < -0.4 is 16.1 Å². The minimum atomic E-state index is -0.363. The highest BCUT2D eigenvalue weighted by molar-refractivity contribution is 7.16. The Kier molecular flexibility index (Phi) is 3.68. The van der Waals surface area contributed by atoms with Crippen molar-refractivity contribution in [2.75, 3.05) is 11.9 Å². The van der Waals surface area contributed by atoms with Gasteiger partial charge in [0.2, 0.25) is 5.91 Å². The summed E-state index contributed by atoms with van der Waals surface area (Å²) in [5.41, 5.74) is 4.14. The van der Waals surface area contributed by atoms with Crippen molar-refractivity contribution >= 4 is 33.9 Å². The summed E-state index contributed by atoms with van der Waals surface area (Å²) < 4.78 is 0. The average molecular weight is 303 g/mol. The second kappa shape index (κ2) is 5.63. The van der Waals surface area contributed by atoms with Crippen LogP contribution in [0.3, 0.4) is 0 Å². The maximum Gasteiger partial charge on any atom is 0.272 e. The molecule has 0 saturated heterocycles. The third-order valence-electron chi connectivity index (χ3n) is 3.43. The lowest BCUT2D eigenvalue weighted by molar-refractivity contribution is -0.121. The molecular weight excluding hydrogens is 290 g/mol. The molecule has 0 aliphatic carbocycles. The van der Waals surface area contributed by atoms with E-state index in [-0.39, 0.29) is 23.9 Å². The molecule has 2 amide bonds. The molecule has 8 heteroatoms. The third kappa shape index (κ3) is 2.66. The third-order valence-corrected chi connectivity index (χ3v) is 4.58. The van der Waals surface area contributed by atoms with Crippen molar-refractivity contribution in [1.82, 2.24) is 10.7 Å². The Morgan fingerprint density at radius 2 is 2.24 bits per heavy atom. The Hall–Kier alpha value is -2.24. The van der Waals surface area contributed by atoms with Crippen LogP contribution in [0.5, 0.6) is 0 Å². The van der Waals surface area contributed by atoms with Crippen LogP contribution in [0.2, 0.25) is 0 Å². The Morgan fingerprint density at radius 1 is 1.38 bits per heavy atom. The summed E-state index contributed by atoms with van der Waals surface area (Å²) in [7, 11) is 0. The van der Waals surface area contributed by atoms with Crippen molar-refractivity contribution in [3.63, 3.8) is 0 Å². The first-order chi connectivity index (χ1) is 10.2. The van der Waals surface area contributed by atoms with E-state index >= 15 is 0 Å². The summed E-state index contributed by atoms with van der Waals surface area (Å²) in [6.45, 7) is 1.56. The highest BCUT2D eigenvalue weighted by Crippen LogP contribution is 2.34.